The van der Waals surface area contributed by atoms with Crippen LogP contribution in [0.15, 0.2) is 30.3 Å². The van der Waals surface area contributed by atoms with Crippen LogP contribution in [0.4, 0.5) is 0 Å². The highest BCUT2D eigenvalue weighted by molar-refractivity contribution is 5.79. The van der Waals surface area contributed by atoms with Crippen molar-refractivity contribution in [1.29, 1.82) is 0 Å². The van der Waals surface area contributed by atoms with Crippen LogP contribution in [0.2, 0.25) is 0 Å². The molecule has 1 aromatic rings. The maximum absolute atomic E-state index is 11.6. The summed E-state index contributed by atoms with van der Waals surface area (Å²) >= 11 is 0. The quantitative estimate of drug-likeness (QED) is 0.722. The van der Waals surface area contributed by atoms with Crippen molar-refractivity contribution < 1.29 is 9.53 Å². The first kappa shape index (κ1) is 12.7. The molecule has 0 heterocycles. The summed E-state index contributed by atoms with van der Waals surface area (Å²) in [5.41, 5.74) is 11.1. The first-order valence-corrected chi connectivity index (χ1v) is 5.26. The topological polar surface area (TPSA) is 78.3 Å². The van der Waals surface area contributed by atoms with Crippen LogP contribution in [-0.2, 0) is 16.1 Å². The molecule has 0 saturated heterocycles. The van der Waals surface area contributed by atoms with E-state index in [9.17, 15) is 4.79 Å². The van der Waals surface area contributed by atoms with Gasteiger partial charge in [-0.3, -0.25) is 4.79 Å². The lowest BCUT2D eigenvalue weighted by Gasteiger charge is -2.21. The minimum absolute atomic E-state index is 0.247. The van der Waals surface area contributed by atoms with Crippen LogP contribution in [0.3, 0.4) is 0 Å². The van der Waals surface area contributed by atoms with E-state index in [1.165, 1.54) is 0 Å². The molecular formula is C12H18N2O2. The number of nitrogens with two attached hydrogens (primary N) is 2. The van der Waals surface area contributed by atoms with Crippen LogP contribution in [0, 0.1) is 0 Å². The molecule has 0 aliphatic rings. The van der Waals surface area contributed by atoms with Gasteiger partial charge >= 0.3 is 5.97 Å². The Balaban J connectivity index is 2.47. The summed E-state index contributed by atoms with van der Waals surface area (Å²) in [5.74, 6) is -0.415. The molecule has 0 bridgehead atoms. The lowest BCUT2D eigenvalue weighted by Crippen LogP contribution is -2.47. The van der Waals surface area contributed by atoms with Gasteiger partial charge in [-0.1, -0.05) is 30.3 Å². The fourth-order valence-corrected chi connectivity index (χ4v) is 1.29. The van der Waals surface area contributed by atoms with Crippen LogP contribution in [-0.4, -0.2) is 18.1 Å². The van der Waals surface area contributed by atoms with Crippen LogP contribution in [0.25, 0.3) is 0 Å². The molecule has 0 unspecified atom stereocenters. The number of rotatable bonds is 5. The number of esters is 1. The number of benzene rings is 1. The summed E-state index contributed by atoms with van der Waals surface area (Å²) < 4.78 is 5.13. The molecular weight excluding hydrogens is 204 g/mol. The normalized spacial score (nSPS) is 14.2. The van der Waals surface area contributed by atoms with Gasteiger partial charge in [0.25, 0.3) is 0 Å². The first-order chi connectivity index (χ1) is 7.56. The molecule has 0 radical (unpaired) electrons. The summed E-state index contributed by atoms with van der Waals surface area (Å²) in [6.45, 7) is 2.25. The molecule has 1 aromatic carbocycles. The summed E-state index contributed by atoms with van der Waals surface area (Å²) in [4.78, 5) is 11.6. The molecule has 1 atom stereocenters. The highest BCUT2D eigenvalue weighted by Gasteiger charge is 2.28. The first-order valence-electron chi connectivity index (χ1n) is 5.26. The maximum Gasteiger partial charge on any atom is 0.326 e. The summed E-state index contributed by atoms with van der Waals surface area (Å²) in [6, 6.07) is 9.48. The number of carbonyl (C=O) groups is 1. The third kappa shape index (κ3) is 3.64. The van der Waals surface area contributed by atoms with Gasteiger partial charge in [0.05, 0.1) is 0 Å². The van der Waals surface area contributed by atoms with Gasteiger partial charge < -0.3 is 16.2 Å². The molecule has 0 fully saturated rings. The van der Waals surface area contributed by atoms with E-state index in [1.54, 1.807) is 6.92 Å². The van der Waals surface area contributed by atoms with Crippen molar-refractivity contribution in [2.45, 2.75) is 25.5 Å². The van der Waals surface area contributed by atoms with Crippen molar-refractivity contribution >= 4 is 5.97 Å². The van der Waals surface area contributed by atoms with E-state index in [1.807, 2.05) is 30.3 Å². The highest BCUT2D eigenvalue weighted by Crippen LogP contribution is 2.09. The number of carbonyl (C=O) groups excluding carboxylic acids is 1. The Labute approximate surface area is 95.6 Å². The zero-order valence-corrected chi connectivity index (χ0v) is 9.48. The zero-order valence-electron chi connectivity index (χ0n) is 9.48. The number of hydrogen-bond donors (Lipinski definition) is 2. The molecule has 0 spiro atoms. The Morgan fingerprint density at radius 2 is 2.00 bits per heavy atom. The van der Waals surface area contributed by atoms with Crippen molar-refractivity contribution in [3.05, 3.63) is 35.9 Å². The average Bonchev–Trinajstić information content (AvgIpc) is 2.27. The fourth-order valence-electron chi connectivity index (χ4n) is 1.29. The summed E-state index contributed by atoms with van der Waals surface area (Å²) in [7, 11) is 0. The molecule has 1 rings (SSSR count). The van der Waals surface area contributed by atoms with Gasteiger partial charge in [-0.2, -0.15) is 0 Å². The van der Waals surface area contributed by atoms with E-state index in [-0.39, 0.29) is 6.61 Å². The molecule has 0 aromatic heterocycles. The van der Waals surface area contributed by atoms with Crippen LogP contribution >= 0.6 is 0 Å². The lowest BCUT2D eigenvalue weighted by atomic mass is 10.00. The molecule has 0 saturated carbocycles. The minimum Gasteiger partial charge on any atom is -0.459 e. The molecule has 16 heavy (non-hydrogen) atoms. The second-order valence-electron chi connectivity index (χ2n) is 4.02. The Hall–Kier alpha value is -1.39. The van der Waals surface area contributed by atoms with Crippen LogP contribution in [0.5, 0.6) is 0 Å². The van der Waals surface area contributed by atoms with Gasteiger partial charge in [-0.25, -0.2) is 0 Å². The van der Waals surface area contributed by atoms with Gasteiger partial charge in [-0.15, -0.1) is 0 Å². The Morgan fingerprint density at radius 1 is 1.38 bits per heavy atom. The van der Waals surface area contributed by atoms with E-state index in [0.717, 1.165) is 5.56 Å². The number of hydrogen-bond acceptors (Lipinski definition) is 4. The van der Waals surface area contributed by atoms with E-state index < -0.39 is 11.5 Å². The van der Waals surface area contributed by atoms with Gasteiger partial charge in [-0.05, 0) is 25.5 Å². The monoisotopic (exact) mass is 222 g/mol. The summed E-state index contributed by atoms with van der Waals surface area (Å²) in [6.07, 6.45) is 0.417. The van der Waals surface area contributed by atoms with Gasteiger partial charge in [0, 0.05) is 0 Å². The van der Waals surface area contributed by atoms with E-state index in [2.05, 4.69) is 0 Å². The fraction of sp³-hybridized carbons (Fsp3) is 0.417. The molecule has 4 heteroatoms. The van der Waals surface area contributed by atoms with Gasteiger partial charge in [0.15, 0.2) is 0 Å². The zero-order chi connectivity index (χ0) is 12.0. The van der Waals surface area contributed by atoms with Crippen molar-refractivity contribution in [2.24, 2.45) is 11.5 Å². The van der Waals surface area contributed by atoms with Crippen molar-refractivity contribution in [3.8, 4) is 0 Å². The second kappa shape index (κ2) is 5.63. The molecule has 0 aliphatic carbocycles. The predicted molar refractivity (Wildman–Crippen MR) is 62.5 cm³/mol. The van der Waals surface area contributed by atoms with Gasteiger partial charge in [0.2, 0.25) is 0 Å². The molecule has 88 valence electrons. The largest absolute Gasteiger partial charge is 0.459 e. The SMILES string of the molecule is C[C@](N)(CCN)C(=O)OCc1ccccc1. The Kier molecular flexibility index (Phi) is 4.46. The minimum atomic E-state index is -0.996. The second-order valence-corrected chi connectivity index (χ2v) is 4.02. The molecule has 0 aliphatic heterocycles. The van der Waals surface area contributed by atoms with Crippen molar-refractivity contribution in [3.63, 3.8) is 0 Å². The Morgan fingerprint density at radius 3 is 2.56 bits per heavy atom. The third-order valence-electron chi connectivity index (χ3n) is 2.34. The molecule has 0 amide bonds. The lowest BCUT2D eigenvalue weighted by molar-refractivity contribution is -0.151. The van der Waals surface area contributed by atoms with Crippen molar-refractivity contribution in [2.75, 3.05) is 6.54 Å². The number of ether oxygens (including phenoxy) is 1. The predicted octanol–water partition coefficient (Wildman–Crippen LogP) is 0.796. The van der Waals surface area contributed by atoms with E-state index in [4.69, 9.17) is 16.2 Å². The smallest absolute Gasteiger partial charge is 0.326 e. The summed E-state index contributed by atoms with van der Waals surface area (Å²) in [5, 5.41) is 0. The van der Waals surface area contributed by atoms with Crippen LogP contribution < -0.4 is 11.5 Å². The van der Waals surface area contributed by atoms with E-state index >= 15 is 0 Å². The molecule has 4 N–H and O–H groups in total. The standard InChI is InChI=1S/C12H18N2O2/c1-12(14,7-8-13)11(15)16-9-10-5-3-2-4-6-10/h2-6H,7-9,13-14H2,1H3/t12-/m0/s1. The van der Waals surface area contributed by atoms with Gasteiger partial charge in [0.1, 0.15) is 12.1 Å². The average molecular weight is 222 g/mol. The van der Waals surface area contributed by atoms with E-state index in [0.29, 0.717) is 13.0 Å². The Bertz CT molecular complexity index is 336. The highest BCUT2D eigenvalue weighted by atomic mass is 16.5. The molecule has 4 nitrogen and oxygen atoms in total. The van der Waals surface area contributed by atoms with Crippen molar-refractivity contribution in [1.82, 2.24) is 0 Å². The maximum atomic E-state index is 11.6. The third-order valence-corrected chi connectivity index (χ3v) is 2.34. The van der Waals surface area contributed by atoms with Crippen LogP contribution in [0.1, 0.15) is 18.9 Å².